The lowest BCUT2D eigenvalue weighted by Crippen LogP contribution is -2.42. The summed E-state index contributed by atoms with van der Waals surface area (Å²) in [6.45, 7) is 13.6. The highest BCUT2D eigenvalue weighted by Gasteiger charge is 2.24. The molecule has 2 aliphatic heterocycles. The molecule has 0 radical (unpaired) electrons. The van der Waals surface area contributed by atoms with Gasteiger partial charge in [0.25, 0.3) is 0 Å². The van der Waals surface area contributed by atoms with Crippen molar-refractivity contribution in [2.45, 2.75) is 26.3 Å². The molecule has 2 N–H and O–H groups in total. The monoisotopic (exact) mass is 575 g/mol. The van der Waals surface area contributed by atoms with Crippen molar-refractivity contribution in [3.63, 3.8) is 0 Å². The Kier molecular flexibility index (Phi) is 12.6. The number of methoxy groups -OCH3 is 2. The van der Waals surface area contributed by atoms with Gasteiger partial charge in [0.15, 0.2) is 17.5 Å². The second-order valence-electron chi connectivity index (χ2n) is 8.43. The predicted molar refractivity (Wildman–Crippen MR) is 144 cm³/mol. The number of ether oxygens (including phenoxy) is 3. The van der Waals surface area contributed by atoms with Crippen molar-refractivity contribution in [2.24, 2.45) is 10.9 Å². The quantitative estimate of drug-likeness (QED) is 0.253. The van der Waals surface area contributed by atoms with E-state index in [-0.39, 0.29) is 30.0 Å². The number of rotatable bonds is 10. The van der Waals surface area contributed by atoms with Crippen molar-refractivity contribution in [1.29, 1.82) is 0 Å². The number of halogens is 1. The van der Waals surface area contributed by atoms with Crippen LogP contribution in [0.4, 0.5) is 0 Å². The molecule has 3 rings (SSSR count). The molecule has 33 heavy (non-hydrogen) atoms. The van der Waals surface area contributed by atoms with Gasteiger partial charge in [0.2, 0.25) is 0 Å². The first-order chi connectivity index (χ1) is 15.7. The maximum atomic E-state index is 5.59. The third kappa shape index (κ3) is 8.15. The normalized spacial score (nSPS) is 20.7. The Balaban J connectivity index is 0.00000385. The Labute approximate surface area is 216 Å². The van der Waals surface area contributed by atoms with Crippen molar-refractivity contribution in [3.05, 3.63) is 23.8 Å². The SMILES string of the molecule is CCNC(=NCC(c1ccc(OC)c(OC)c1)N1CCOCC1)NCC1CCN(CC)C1.I. The van der Waals surface area contributed by atoms with Gasteiger partial charge in [-0.1, -0.05) is 13.0 Å². The first kappa shape index (κ1) is 27.9. The van der Waals surface area contributed by atoms with Gasteiger partial charge in [-0.15, -0.1) is 24.0 Å². The minimum atomic E-state index is 0. The number of morpholine rings is 1. The summed E-state index contributed by atoms with van der Waals surface area (Å²) < 4.78 is 16.6. The topological polar surface area (TPSA) is 70.6 Å². The second-order valence-corrected chi connectivity index (χ2v) is 8.43. The number of benzene rings is 1. The number of likely N-dealkylation sites (tertiary alicyclic amines) is 1. The van der Waals surface area contributed by atoms with Crippen LogP contribution in [-0.4, -0.2) is 95.6 Å². The minimum absolute atomic E-state index is 0. The fraction of sp³-hybridized carbons (Fsp3) is 0.708. The Morgan fingerprint density at radius 2 is 1.88 bits per heavy atom. The molecule has 8 nitrogen and oxygen atoms in total. The number of hydrogen-bond donors (Lipinski definition) is 2. The summed E-state index contributed by atoms with van der Waals surface area (Å²) in [5, 5.41) is 7.00. The maximum absolute atomic E-state index is 5.59. The average molecular weight is 576 g/mol. The van der Waals surface area contributed by atoms with Crippen LogP contribution in [0.2, 0.25) is 0 Å². The van der Waals surface area contributed by atoms with Crippen LogP contribution in [0.25, 0.3) is 0 Å². The van der Waals surface area contributed by atoms with Gasteiger partial charge in [-0.2, -0.15) is 0 Å². The molecule has 2 atom stereocenters. The van der Waals surface area contributed by atoms with Crippen LogP contribution in [-0.2, 0) is 4.74 Å². The Bertz CT molecular complexity index is 730. The van der Waals surface area contributed by atoms with Crippen LogP contribution in [0.1, 0.15) is 31.9 Å². The zero-order valence-corrected chi connectivity index (χ0v) is 23.0. The largest absolute Gasteiger partial charge is 0.493 e. The van der Waals surface area contributed by atoms with Gasteiger partial charge in [0.1, 0.15) is 0 Å². The summed E-state index contributed by atoms with van der Waals surface area (Å²) in [4.78, 5) is 9.96. The molecule has 2 saturated heterocycles. The van der Waals surface area contributed by atoms with Gasteiger partial charge in [-0.25, -0.2) is 0 Å². The number of guanidine groups is 1. The van der Waals surface area contributed by atoms with E-state index in [0.29, 0.717) is 12.5 Å². The van der Waals surface area contributed by atoms with Crippen LogP contribution < -0.4 is 20.1 Å². The number of aliphatic imine (C=N–C) groups is 1. The van der Waals surface area contributed by atoms with Crippen LogP contribution in [0.5, 0.6) is 11.5 Å². The Morgan fingerprint density at radius 1 is 1.12 bits per heavy atom. The van der Waals surface area contributed by atoms with Gasteiger partial charge in [0, 0.05) is 32.7 Å². The summed E-state index contributed by atoms with van der Waals surface area (Å²) >= 11 is 0. The van der Waals surface area contributed by atoms with Gasteiger partial charge >= 0.3 is 0 Å². The molecule has 1 aromatic carbocycles. The van der Waals surface area contributed by atoms with E-state index in [2.05, 4.69) is 46.4 Å². The van der Waals surface area contributed by atoms with Crippen molar-refractivity contribution in [3.8, 4) is 11.5 Å². The molecule has 2 aliphatic rings. The second kappa shape index (κ2) is 14.9. The molecule has 0 spiro atoms. The molecule has 188 valence electrons. The van der Waals surface area contributed by atoms with E-state index in [1.165, 1.54) is 25.1 Å². The lowest BCUT2D eigenvalue weighted by molar-refractivity contribution is 0.0179. The zero-order valence-electron chi connectivity index (χ0n) is 20.6. The number of nitrogens with one attached hydrogen (secondary N) is 2. The Hall–Kier alpha value is -1.30. The molecule has 2 heterocycles. The highest BCUT2D eigenvalue weighted by Crippen LogP contribution is 2.32. The average Bonchev–Trinajstić information content (AvgIpc) is 3.31. The van der Waals surface area contributed by atoms with Crippen LogP contribution >= 0.6 is 24.0 Å². The summed E-state index contributed by atoms with van der Waals surface area (Å²) in [5.41, 5.74) is 1.18. The standard InChI is InChI=1S/C24H41N5O3.HI/c1-5-25-24(26-16-19-9-10-28(6-2)18-19)27-17-21(29-11-13-32-14-12-29)20-7-8-22(30-3)23(15-20)31-4;/h7-8,15,19,21H,5-6,9-14,16-18H2,1-4H3,(H2,25,26,27);1H. The molecule has 0 aliphatic carbocycles. The first-order valence-corrected chi connectivity index (χ1v) is 12.0. The molecule has 1 aromatic rings. The van der Waals surface area contributed by atoms with Gasteiger partial charge < -0.3 is 29.7 Å². The van der Waals surface area contributed by atoms with Crippen LogP contribution in [0.3, 0.4) is 0 Å². The molecule has 0 saturated carbocycles. The molecule has 2 unspecified atom stereocenters. The van der Waals surface area contributed by atoms with E-state index < -0.39 is 0 Å². The smallest absolute Gasteiger partial charge is 0.191 e. The summed E-state index contributed by atoms with van der Waals surface area (Å²) in [5.74, 6) is 3.06. The number of nitrogens with zero attached hydrogens (tertiary/aromatic N) is 3. The maximum Gasteiger partial charge on any atom is 0.191 e. The fourth-order valence-corrected chi connectivity index (χ4v) is 4.51. The third-order valence-corrected chi connectivity index (χ3v) is 6.42. The van der Waals surface area contributed by atoms with Crippen molar-refractivity contribution in [2.75, 3.05) is 79.8 Å². The van der Waals surface area contributed by atoms with E-state index in [4.69, 9.17) is 19.2 Å². The van der Waals surface area contributed by atoms with Crippen LogP contribution in [0, 0.1) is 5.92 Å². The highest BCUT2D eigenvalue weighted by molar-refractivity contribution is 14.0. The lowest BCUT2D eigenvalue weighted by atomic mass is 10.0. The molecule has 2 fully saturated rings. The third-order valence-electron chi connectivity index (χ3n) is 6.42. The summed E-state index contributed by atoms with van der Waals surface area (Å²) in [6, 6.07) is 6.33. The van der Waals surface area contributed by atoms with Crippen molar-refractivity contribution >= 4 is 29.9 Å². The molecule has 0 aromatic heterocycles. The predicted octanol–water partition coefficient (Wildman–Crippen LogP) is 2.59. The molecular formula is C24H42IN5O3. The Morgan fingerprint density at radius 3 is 2.52 bits per heavy atom. The lowest BCUT2D eigenvalue weighted by Gasteiger charge is -2.34. The molecule has 9 heteroatoms. The van der Waals surface area contributed by atoms with Crippen molar-refractivity contribution < 1.29 is 14.2 Å². The summed E-state index contributed by atoms with van der Waals surface area (Å²) in [6.07, 6.45) is 1.25. The van der Waals surface area contributed by atoms with E-state index in [1.54, 1.807) is 14.2 Å². The number of hydrogen-bond acceptors (Lipinski definition) is 6. The van der Waals surface area contributed by atoms with E-state index in [9.17, 15) is 0 Å². The van der Waals surface area contributed by atoms with Gasteiger partial charge in [-0.3, -0.25) is 9.89 Å². The van der Waals surface area contributed by atoms with Crippen molar-refractivity contribution in [1.82, 2.24) is 20.4 Å². The van der Waals surface area contributed by atoms with E-state index >= 15 is 0 Å². The summed E-state index contributed by atoms with van der Waals surface area (Å²) in [7, 11) is 3.35. The molecule has 0 amide bonds. The van der Waals surface area contributed by atoms with Gasteiger partial charge in [0.05, 0.1) is 40.0 Å². The molecule has 0 bridgehead atoms. The van der Waals surface area contributed by atoms with Crippen LogP contribution in [0.15, 0.2) is 23.2 Å². The fourth-order valence-electron chi connectivity index (χ4n) is 4.51. The zero-order chi connectivity index (χ0) is 22.8. The minimum Gasteiger partial charge on any atom is -0.493 e. The molecular weight excluding hydrogens is 533 g/mol. The van der Waals surface area contributed by atoms with E-state index in [1.807, 2.05) is 6.07 Å². The highest BCUT2D eigenvalue weighted by atomic mass is 127. The van der Waals surface area contributed by atoms with E-state index in [0.717, 1.165) is 63.4 Å². The van der Waals surface area contributed by atoms with Gasteiger partial charge in [-0.05, 0) is 50.0 Å². The first-order valence-electron chi connectivity index (χ1n) is 12.0.